The van der Waals surface area contributed by atoms with Crippen LogP contribution in [0, 0.1) is 0 Å². The van der Waals surface area contributed by atoms with Crippen molar-refractivity contribution in [2.75, 3.05) is 29.6 Å². The Morgan fingerprint density at radius 2 is 1.93 bits per heavy atom. The number of esters is 1. The number of rotatable bonds is 5. The van der Waals surface area contributed by atoms with E-state index in [0.29, 0.717) is 11.4 Å². The number of benzene rings is 2. The van der Waals surface area contributed by atoms with Crippen LogP contribution < -0.4 is 10.2 Å². The zero-order valence-electron chi connectivity index (χ0n) is 14.7. The monoisotopic (exact) mass is 382 g/mol. The van der Waals surface area contributed by atoms with Gasteiger partial charge in [-0.05, 0) is 42.2 Å². The fraction of sp³-hybridized carbons (Fsp3) is 0.150. The minimum absolute atomic E-state index is 0.106. The van der Waals surface area contributed by atoms with Crippen molar-refractivity contribution in [3.63, 3.8) is 0 Å². The number of carbonyl (C=O) groups is 3. The molecular formula is C20H18N2O4S. The van der Waals surface area contributed by atoms with E-state index >= 15 is 0 Å². The third-order valence-corrected chi connectivity index (χ3v) is 4.68. The lowest BCUT2D eigenvalue weighted by molar-refractivity contribution is -0.143. The van der Waals surface area contributed by atoms with Gasteiger partial charge >= 0.3 is 5.97 Å². The molecule has 6 nitrogen and oxygen atoms in total. The smallest absolute Gasteiger partial charge is 0.331 e. The molecule has 0 spiro atoms. The maximum atomic E-state index is 12.4. The third kappa shape index (κ3) is 4.77. The number of para-hydroxylation sites is 2. The molecule has 138 valence electrons. The summed E-state index contributed by atoms with van der Waals surface area (Å²) in [5.74, 6) is -1.36. The Morgan fingerprint density at radius 1 is 1.19 bits per heavy atom. The van der Waals surface area contributed by atoms with Crippen LogP contribution in [0.3, 0.4) is 0 Å². The predicted octanol–water partition coefficient (Wildman–Crippen LogP) is 2.95. The van der Waals surface area contributed by atoms with Crippen LogP contribution >= 0.6 is 11.8 Å². The third-order valence-electron chi connectivity index (χ3n) is 3.94. The van der Waals surface area contributed by atoms with Gasteiger partial charge in [0.15, 0.2) is 6.61 Å². The van der Waals surface area contributed by atoms with Gasteiger partial charge in [0.2, 0.25) is 5.91 Å². The molecular weight excluding hydrogens is 364 g/mol. The first kappa shape index (κ1) is 18.7. The average molecular weight is 382 g/mol. The first-order valence-corrected chi connectivity index (χ1v) is 9.47. The highest BCUT2D eigenvalue weighted by atomic mass is 32.2. The maximum absolute atomic E-state index is 12.4. The maximum Gasteiger partial charge on any atom is 0.331 e. The molecule has 2 aromatic carbocycles. The Morgan fingerprint density at radius 3 is 2.67 bits per heavy atom. The molecule has 3 rings (SSSR count). The summed E-state index contributed by atoms with van der Waals surface area (Å²) in [5, 5.41) is 2.70. The summed E-state index contributed by atoms with van der Waals surface area (Å²) in [7, 11) is 0. The largest absolute Gasteiger partial charge is 0.452 e. The number of hydrogen-bond acceptors (Lipinski definition) is 5. The van der Waals surface area contributed by atoms with Crippen LogP contribution in [0.4, 0.5) is 11.4 Å². The Hall–Kier alpha value is -3.06. The van der Waals surface area contributed by atoms with Gasteiger partial charge in [-0.15, -0.1) is 11.8 Å². The lowest BCUT2D eigenvalue weighted by atomic mass is 10.2. The first-order valence-electron chi connectivity index (χ1n) is 8.25. The molecule has 0 unspecified atom stereocenters. The molecule has 2 aromatic rings. The molecule has 0 bridgehead atoms. The second kappa shape index (κ2) is 8.55. The van der Waals surface area contributed by atoms with Crippen molar-refractivity contribution in [2.45, 2.75) is 4.90 Å². The van der Waals surface area contributed by atoms with Crippen molar-refractivity contribution < 1.29 is 19.1 Å². The number of nitrogens with one attached hydrogen (secondary N) is 1. The van der Waals surface area contributed by atoms with Crippen LogP contribution in [-0.2, 0) is 19.1 Å². The lowest BCUT2D eigenvalue weighted by Gasteiger charge is -2.28. The van der Waals surface area contributed by atoms with Crippen molar-refractivity contribution in [1.82, 2.24) is 0 Å². The lowest BCUT2D eigenvalue weighted by Crippen LogP contribution is -2.43. The Kier molecular flexibility index (Phi) is 5.93. The molecule has 27 heavy (non-hydrogen) atoms. The van der Waals surface area contributed by atoms with E-state index in [4.69, 9.17) is 4.74 Å². The van der Waals surface area contributed by atoms with Gasteiger partial charge in [-0.1, -0.05) is 24.3 Å². The summed E-state index contributed by atoms with van der Waals surface area (Å²) in [6, 6.07) is 14.7. The predicted molar refractivity (Wildman–Crippen MR) is 106 cm³/mol. The fourth-order valence-corrected chi connectivity index (χ4v) is 3.00. The van der Waals surface area contributed by atoms with Crippen LogP contribution in [0.25, 0.3) is 6.08 Å². The van der Waals surface area contributed by atoms with Crippen molar-refractivity contribution in [1.29, 1.82) is 0 Å². The highest BCUT2D eigenvalue weighted by Crippen LogP contribution is 2.28. The van der Waals surface area contributed by atoms with Gasteiger partial charge in [0.1, 0.15) is 6.54 Å². The number of thioether (sulfide) groups is 1. The number of amides is 2. The minimum atomic E-state index is -0.618. The molecule has 0 fully saturated rings. The number of nitrogens with zero attached hydrogens (tertiary/aromatic N) is 1. The molecule has 0 radical (unpaired) electrons. The molecule has 1 N–H and O–H groups in total. The summed E-state index contributed by atoms with van der Waals surface area (Å²) in [6.07, 6.45) is 4.89. The van der Waals surface area contributed by atoms with E-state index in [-0.39, 0.29) is 12.5 Å². The topological polar surface area (TPSA) is 75.7 Å². The minimum Gasteiger partial charge on any atom is -0.452 e. The van der Waals surface area contributed by atoms with Gasteiger partial charge in [0.05, 0.1) is 11.4 Å². The van der Waals surface area contributed by atoms with Crippen molar-refractivity contribution >= 4 is 47.0 Å². The van der Waals surface area contributed by atoms with Gasteiger partial charge in [-0.25, -0.2) is 4.79 Å². The van der Waals surface area contributed by atoms with Crippen LogP contribution in [0.5, 0.6) is 0 Å². The molecule has 0 saturated heterocycles. The highest BCUT2D eigenvalue weighted by molar-refractivity contribution is 7.98. The van der Waals surface area contributed by atoms with Crippen LogP contribution in [0.1, 0.15) is 5.56 Å². The van der Waals surface area contributed by atoms with Crippen LogP contribution in [0.15, 0.2) is 59.5 Å². The zero-order valence-corrected chi connectivity index (χ0v) is 15.5. The summed E-state index contributed by atoms with van der Waals surface area (Å²) in [6.45, 7) is -0.540. The van der Waals surface area contributed by atoms with Gasteiger partial charge in [-0.3, -0.25) is 14.5 Å². The van der Waals surface area contributed by atoms with Crippen molar-refractivity contribution in [2.24, 2.45) is 0 Å². The van der Waals surface area contributed by atoms with E-state index in [0.717, 1.165) is 10.5 Å². The normalized spacial score (nSPS) is 13.2. The van der Waals surface area contributed by atoms with Gasteiger partial charge in [-0.2, -0.15) is 0 Å². The van der Waals surface area contributed by atoms with E-state index < -0.39 is 18.5 Å². The average Bonchev–Trinajstić information content (AvgIpc) is 2.70. The Labute approximate surface area is 161 Å². The summed E-state index contributed by atoms with van der Waals surface area (Å²) in [5.41, 5.74) is 2.00. The molecule has 1 aliphatic heterocycles. The molecule has 0 aromatic heterocycles. The quantitative estimate of drug-likeness (QED) is 0.489. The van der Waals surface area contributed by atoms with Gasteiger partial charge < -0.3 is 10.1 Å². The molecule has 1 heterocycles. The molecule has 0 saturated carbocycles. The summed E-state index contributed by atoms with van der Waals surface area (Å²) >= 11 is 1.64. The number of carbonyl (C=O) groups excluding carboxylic acids is 3. The van der Waals surface area contributed by atoms with E-state index in [1.807, 2.05) is 30.5 Å². The number of ether oxygens (including phenoxy) is 1. The Balaban J connectivity index is 1.58. The highest BCUT2D eigenvalue weighted by Gasteiger charge is 2.26. The van der Waals surface area contributed by atoms with Crippen molar-refractivity contribution in [3.8, 4) is 0 Å². The van der Waals surface area contributed by atoms with Crippen LogP contribution in [0.2, 0.25) is 0 Å². The zero-order chi connectivity index (χ0) is 19.2. The van der Waals surface area contributed by atoms with Crippen molar-refractivity contribution in [3.05, 3.63) is 60.2 Å². The fourth-order valence-electron chi connectivity index (χ4n) is 2.59. The standard InChI is InChI=1S/C20H18N2O4S/c1-27-15-9-6-14(7-10-15)8-11-20(25)26-13-19(24)22-12-18(23)21-16-4-2-3-5-17(16)22/h2-11H,12-13H2,1H3,(H,21,23)/b11-8+. The first-order chi connectivity index (χ1) is 13.1. The second-order valence-corrected chi connectivity index (χ2v) is 6.64. The van der Waals surface area contributed by atoms with Crippen LogP contribution in [-0.4, -0.2) is 37.2 Å². The Bertz CT molecular complexity index is 893. The van der Waals surface area contributed by atoms with Gasteiger partial charge in [0, 0.05) is 11.0 Å². The molecule has 0 atom stereocenters. The molecule has 0 aliphatic carbocycles. The number of hydrogen-bond donors (Lipinski definition) is 1. The summed E-state index contributed by atoms with van der Waals surface area (Å²) < 4.78 is 5.02. The molecule has 1 aliphatic rings. The molecule has 2 amide bonds. The van der Waals surface area contributed by atoms with E-state index in [9.17, 15) is 14.4 Å². The number of anilines is 2. The second-order valence-electron chi connectivity index (χ2n) is 5.76. The molecule has 7 heteroatoms. The number of fused-ring (bicyclic) bond motifs is 1. The van der Waals surface area contributed by atoms with E-state index in [1.54, 1.807) is 42.1 Å². The van der Waals surface area contributed by atoms with E-state index in [2.05, 4.69) is 5.32 Å². The SMILES string of the molecule is CSc1ccc(/C=C/C(=O)OCC(=O)N2CC(=O)Nc3ccccc32)cc1. The van der Waals surface area contributed by atoms with E-state index in [1.165, 1.54) is 11.0 Å². The van der Waals surface area contributed by atoms with Gasteiger partial charge in [0.25, 0.3) is 5.91 Å². The summed E-state index contributed by atoms with van der Waals surface area (Å²) in [4.78, 5) is 38.5.